The Hall–Kier alpha value is -1.17. The van der Waals surface area contributed by atoms with Gasteiger partial charge in [-0.25, -0.2) is 8.42 Å². The number of rotatable bonds is 2. The maximum absolute atomic E-state index is 12.8. The molecule has 3 nitrogen and oxygen atoms in total. The largest absolute Gasteiger partial charge is 0.253 e. The molecule has 0 spiro atoms. The highest BCUT2D eigenvalue weighted by atomic mass is 32.2. The van der Waals surface area contributed by atoms with Gasteiger partial charge in [0.05, 0.1) is 0 Å². The molecule has 1 aliphatic rings. The van der Waals surface area contributed by atoms with E-state index >= 15 is 0 Å². The van der Waals surface area contributed by atoms with Crippen LogP contribution in [0.5, 0.6) is 0 Å². The molecule has 20 heavy (non-hydrogen) atoms. The Morgan fingerprint density at radius 3 is 2.65 bits per heavy atom. The molecule has 1 aliphatic heterocycles. The summed E-state index contributed by atoms with van der Waals surface area (Å²) in [7, 11) is -3.38. The fraction of sp³-hybridized carbons (Fsp3) is 0.333. The highest BCUT2D eigenvalue weighted by Crippen LogP contribution is 2.35. The maximum Gasteiger partial charge on any atom is 0.253 e. The topological polar surface area (TPSA) is 37.4 Å². The van der Waals surface area contributed by atoms with Gasteiger partial charge in [0.15, 0.2) is 0 Å². The Bertz CT molecular complexity index is 734. The number of sulfonamides is 1. The van der Waals surface area contributed by atoms with E-state index in [1.807, 2.05) is 38.1 Å². The number of hydrogen-bond donors (Lipinski definition) is 0. The number of thiophene rings is 1. The highest BCUT2D eigenvalue weighted by Gasteiger charge is 2.34. The van der Waals surface area contributed by atoms with Gasteiger partial charge in [-0.1, -0.05) is 24.3 Å². The normalized spacial score (nSPS) is 19.8. The summed E-state index contributed by atoms with van der Waals surface area (Å²) in [6.07, 6.45) is 0.782. The third-order valence-electron chi connectivity index (χ3n) is 3.82. The molecule has 0 amide bonds. The van der Waals surface area contributed by atoms with Gasteiger partial charge in [0.1, 0.15) is 4.21 Å². The van der Waals surface area contributed by atoms with E-state index in [9.17, 15) is 8.42 Å². The van der Waals surface area contributed by atoms with Crippen molar-refractivity contribution in [1.29, 1.82) is 0 Å². The summed E-state index contributed by atoms with van der Waals surface area (Å²) in [5.74, 6) is 0. The first kappa shape index (κ1) is 13.8. The summed E-state index contributed by atoms with van der Waals surface area (Å²) >= 11 is 1.34. The first-order chi connectivity index (χ1) is 9.50. The minimum atomic E-state index is -3.38. The van der Waals surface area contributed by atoms with Crippen molar-refractivity contribution in [2.75, 3.05) is 6.54 Å². The van der Waals surface area contributed by atoms with Gasteiger partial charge in [0.2, 0.25) is 0 Å². The van der Waals surface area contributed by atoms with E-state index in [0.29, 0.717) is 10.8 Å². The van der Waals surface area contributed by atoms with E-state index in [2.05, 4.69) is 6.07 Å². The number of hydrogen-bond acceptors (Lipinski definition) is 3. The monoisotopic (exact) mass is 307 g/mol. The Balaban J connectivity index is 2.00. The molecule has 0 saturated heterocycles. The van der Waals surface area contributed by atoms with Crippen molar-refractivity contribution in [3.8, 4) is 0 Å². The van der Waals surface area contributed by atoms with Crippen molar-refractivity contribution in [1.82, 2.24) is 4.31 Å². The number of aryl methyl sites for hydroxylation is 1. The van der Waals surface area contributed by atoms with Crippen LogP contribution < -0.4 is 0 Å². The molecular weight excluding hydrogens is 290 g/mol. The average molecular weight is 307 g/mol. The van der Waals surface area contributed by atoms with Crippen LogP contribution in [0.3, 0.4) is 0 Å². The standard InChI is InChI=1S/C15H17NO2S2/c1-11-7-8-15(19-11)20(17,18)16-10-9-13-5-3-4-6-14(13)12(16)2/h3-8,12H,9-10H2,1-2H3. The molecule has 1 aromatic heterocycles. The molecule has 2 aromatic rings. The van der Waals surface area contributed by atoms with Gasteiger partial charge in [-0.05, 0) is 43.5 Å². The van der Waals surface area contributed by atoms with Crippen molar-refractivity contribution >= 4 is 21.4 Å². The van der Waals surface area contributed by atoms with Crippen molar-refractivity contribution in [3.05, 3.63) is 52.4 Å². The van der Waals surface area contributed by atoms with Crippen molar-refractivity contribution in [2.24, 2.45) is 0 Å². The van der Waals surface area contributed by atoms with Crippen LogP contribution in [0.25, 0.3) is 0 Å². The second kappa shape index (κ2) is 4.98. The number of benzene rings is 1. The molecule has 0 N–H and O–H groups in total. The molecule has 5 heteroatoms. The molecule has 1 unspecified atom stereocenters. The highest BCUT2D eigenvalue weighted by molar-refractivity contribution is 7.91. The lowest BCUT2D eigenvalue weighted by Gasteiger charge is -2.33. The SMILES string of the molecule is Cc1ccc(S(=O)(=O)N2CCc3ccccc3C2C)s1. The molecule has 0 bridgehead atoms. The first-order valence-corrected chi connectivity index (χ1v) is 8.92. The second-order valence-corrected chi connectivity index (χ2v) is 8.51. The molecule has 1 atom stereocenters. The van der Waals surface area contributed by atoms with E-state index < -0.39 is 10.0 Å². The molecule has 0 saturated carbocycles. The smallest absolute Gasteiger partial charge is 0.206 e. The van der Waals surface area contributed by atoms with E-state index in [4.69, 9.17) is 0 Å². The van der Waals surface area contributed by atoms with Crippen LogP contribution in [0.1, 0.15) is 29.0 Å². The summed E-state index contributed by atoms with van der Waals surface area (Å²) in [5.41, 5.74) is 2.38. The van der Waals surface area contributed by atoms with E-state index in [1.165, 1.54) is 16.9 Å². The average Bonchev–Trinajstić information content (AvgIpc) is 2.86. The van der Waals surface area contributed by atoms with E-state index in [1.54, 1.807) is 10.4 Å². The molecule has 106 valence electrons. The quantitative estimate of drug-likeness (QED) is 0.853. The predicted molar refractivity (Wildman–Crippen MR) is 81.5 cm³/mol. The van der Waals surface area contributed by atoms with E-state index in [0.717, 1.165) is 16.9 Å². The van der Waals surface area contributed by atoms with Gasteiger partial charge in [-0.2, -0.15) is 4.31 Å². The lowest BCUT2D eigenvalue weighted by Crippen LogP contribution is -2.38. The molecule has 0 radical (unpaired) electrons. The summed E-state index contributed by atoms with van der Waals surface area (Å²) < 4.78 is 27.6. The van der Waals surface area contributed by atoms with Gasteiger partial charge in [-0.3, -0.25) is 0 Å². The summed E-state index contributed by atoms with van der Waals surface area (Å²) in [6.45, 7) is 4.45. The zero-order valence-electron chi connectivity index (χ0n) is 11.5. The van der Waals surface area contributed by atoms with Gasteiger partial charge < -0.3 is 0 Å². The Kier molecular flexibility index (Phi) is 3.44. The minimum absolute atomic E-state index is 0.104. The Labute approximate surface area is 123 Å². The predicted octanol–water partition coefficient (Wildman–Crippen LogP) is 3.36. The van der Waals surface area contributed by atoms with Gasteiger partial charge in [0.25, 0.3) is 10.0 Å². The fourth-order valence-corrected chi connectivity index (χ4v) is 5.77. The molecule has 3 rings (SSSR count). The summed E-state index contributed by atoms with van der Waals surface area (Å²) in [6, 6.07) is 11.6. The second-order valence-electron chi connectivity index (χ2n) is 5.11. The van der Waals surface area contributed by atoms with Gasteiger partial charge in [-0.15, -0.1) is 11.3 Å². The molecule has 2 heterocycles. The van der Waals surface area contributed by atoms with E-state index in [-0.39, 0.29) is 6.04 Å². The molecular formula is C15H17NO2S2. The van der Waals surface area contributed by atoms with Crippen LogP contribution in [0.4, 0.5) is 0 Å². The van der Waals surface area contributed by atoms with Gasteiger partial charge in [0, 0.05) is 17.5 Å². The Morgan fingerprint density at radius 2 is 1.95 bits per heavy atom. The van der Waals surface area contributed by atoms with Crippen molar-refractivity contribution in [2.45, 2.75) is 30.5 Å². The number of nitrogens with zero attached hydrogens (tertiary/aromatic N) is 1. The van der Waals surface area contributed by atoms with Crippen LogP contribution in [0, 0.1) is 6.92 Å². The minimum Gasteiger partial charge on any atom is -0.206 e. The van der Waals surface area contributed by atoms with Crippen LogP contribution in [0.15, 0.2) is 40.6 Å². The molecule has 0 aliphatic carbocycles. The molecule has 0 fully saturated rings. The zero-order chi connectivity index (χ0) is 14.3. The van der Waals surface area contributed by atoms with Crippen LogP contribution in [-0.2, 0) is 16.4 Å². The third-order valence-corrected chi connectivity index (χ3v) is 7.26. The van der Waals surface area contributed by atoms with Crippen LogP contribution in [-0.4, -0.2) is 19.3 Å². The van der Waals surface area contributed by atoms with Crippen LogP contribution in [0.2, 0.25) is 0 Å². The summed E-state index contributed by atoms with van der Waals surface area (Å²) in [4.78, 5) is 1.02. The van der Waals surface area contributed by atoms with Gasteiger partial charge >= 0.3 is 0 Å². The third kappa shape index (κ3) is 2.20. The Morgan fingerprint density at radius 1 is 1.20 bits per heavy atom. The summed E-state index contributed by atoms with van der Waals surface area (Å²) in [5, 5.41) is 0. The lowest BCUT2D eigenvalue weighted by molar-refractivity contribution is 0.327. The lowest BCUT2D eigenvalue weighted by atomic mass is 9.96. The van der Waals surface area contributed by atoms with Crippen molar-refractivity contribution in [3.63, 3.8) is 0 Å². The fourth-order valence-electron chi connectivity index (χ4n) is 2.74. The zero-order valence-corrected chi connectivity index (χ0v) is 13.2. The van der Waals surface area contributed by atoms with Crippen molar-refractivity contribution < 1.29 is 8.42 Å². The first-order valence-electron chi connectivity index (χ1n) is 6.66. The molecule has 1 aromatic carbocycles. The number of fused-ring (bicyclic) bond motifs is 1. The van der Waals surface area contributed by atoms with Crippen LogP contribution >= 0.6 is 11.3 Å². The maximum atomic E-state index is 12.8.